The first-order valence-corrected chi connectivity index (χ1v) is 26.3. The van der Waals surface area contributed by atoms with Gasteiger partial charge in [-0.25, -0.2) is 15.0 Å². The third-order valence-electron chi connectivity index (χ3n) is 15.7. The van der Waals surface area contributed by atoms with E-state index in [1.54, 1.807) is 0 Å². The van der Waals surface area contributed by atoms with Crippen molar-refractivity contribution in [1.29, 1.82) is 0 Å². The molecule has 4 heterocycles. The molecular weight excluding hydrogens is 913 g/mol. The zero-order chi connectivity index (χ0) is 51.7. The summed E-state index contributed by atoms with van der Waals surface area (Å²) < 4.78 is 7.54. The quantitative estimate of drug-likeness (QED) is 0.167. The molecule has 4 aromatic heterocycles. The van der Waals surface area contributed by atoms with Crippen molar-refractivity contribution < 1.29 is 0 Å². The van der Waals surface area contributed by atoms with Crippen molar-refractivity contribution in [3.05, 3.63) is 215 Å². The third kappa shape index (κ3) is 7.33. The molecular formula is C69H60N6. The lowest BCUT2D eigenvalue weighted by Crippen LogP contribution is -2.12. The summed E-state index contributed by atoms with van der Waals surface area (Å²) in [5.74, 6) is 1.91. The number of hydrogen-bond donors (Lipinski definition) is 0. The van der Waals surface area contributed by atoms with Crippen LogP contribution in [-0.4, -0.2) is 28.7 Å². The third-order valence-corrected chi connectivity index (χ3v) is 15.7. The summed E-state index contributed by atoms with van der Waals surface area (Å²) in [4.78, 5) is 16.6. The highest BCUT2D eigenvalue weighted by Gasteiger charge is 2.29. The first-order chi connectivity index (χ1) is 36.1. The zero-order valence-electron chi connectivity index (χ0n) is 44.5. The predicted octanol–water partition coefficient (Wildman–Crippen LogP) is 18.0. The molecule has 0 radical (unpaired) electrons. The average Bonchev–Trinajstić information content (AvgIpc) is 4.05. The van der Waals surface area contributed by atoms with Gasteiger partial charge >= 0.3 is 0 Å². The molecule has 0 aliphatic carbocycles. The van der Waals surface area contributed by atoms with Crippen molar-refractivity contribution in [2.45, 2.75) is 80.1 Å². The standard InChI is InChI=1S/C69H60N6/c1-41-21-19-22-42(2)62(41)66-70-65(71-67(72-66)63-43(3)23-20-24-44(63)4)45-37-60(73-54-29-15-11-25-48(54)49-26-12-16-30-55(49)73)64(61(38-45)74-56-31-17-13-27-50(56)51-28-14-18-32-57(51)74)75-58-35-33-46(68(5,6)7)39-52(58)53-40-47(69(8,9)10)34-36-59(53)75/h11-40H,1-10H3. The van der Waals surface area contributed by atoms with Gasteiger partial charge in [0.25, 0.3) is 0 Å². The van der Waals surface area contributed by atoms with Crippen LogP contribution < -0.4 is 0 Å². The van der Waals surface area contributed by atoms with Crippen LogP contribution in [0.25, 0.3) is 117 Å². The normalized spacial score (nSPS) is 12.4. The maximum atomic E-state index is 5.58. The Morgan fingerprint density at radius 1 is 0.307 bits per heavy atom. The smallest absolute Gasteiger partial charge is 0.164 e. The van der Waals surface area contributed by atoms with Crippen molar-refractivity contribution in [3.63, 3.8) is 0 Å². The lowest BCUT2D eigenvalue weighted by atomic mass is 9.85. The summed E-state index contributed by atoms with van der Waals surface area (Å²) in [6, 6.07) is 67.2. The Labute approximate surface area is 438 Å². The molecule has 13 rings (SSSR count). The first kappa shape index (κ1) is 46.2. The zero-order valence-corrected chi connectivity index (χ0v) is 44.5. The summed E-state index contributed by atoms with van der Waals surface area (Å²) in [7, 11) is 0. The van der Waals surface area contributed by atoms with Crippen LogP contribution >= 0.6 is 0 Å². The number of aryl methyl sites for hydroxylation is 4. The average molecular weight is 973 g/mol. The molecule has 0 aliphatic rings. The SMILES string of the molecule is Cc1cccc(C)c1-c1nc(-c2cc(-n3c4ccccc4c4ccccc43)c(-n3c4ccc(C(C)(C)C)cc4c4cc(C(C)(C)C)ccc43)c(-n3c4ccccc4c4ccccc43)c2)nc(-c2c(C)cccc2C)n1. The Morgan fingerprint density at radius 3 is 0.973 bits per heavy atom. The van der Waals surface area contributed by atoms with Crippen molar-refractivity contribution in [3.8, 4) is 51.2 Å². The van der Waals surface area contributed by atoms with Gasteiger partial charge in [0.05, 0.1) is 50.2 Å². The summed E-state index contributed by atoms with van der Waals surface area (Å²) in [5, 5.41) is 7.19. The first-order valence-electron chi connectivity index (χ1n) is 26.3. The second kappa shape index (κ2) is 17.0. The minimum Gasteiger partial charge on any atom is -0.307 e. The van der Waals surface area contributed by atoms with E-state index in [4.69, 9.17) is 15.0 Å². The highest BCUT2D eigenvalue weighted by Crippen LogP contribution is 2.46. The minimum atomic E-state index is -0.0654. The van der Waals surface area contributed by atoms with Crippen LogP contribution in [0.1, 0.15) is 74.9 Å². The summed E-state index contributed by atoms with van der Waals surface area (Å²) >= 11 is 0. The fraction of sp³-hybridized carbons (Fsp3) is 0.174. The van der Waals surface area contributed by atoms with Crippen LogP contribution in [0.5, 0.6) is 0 Å². The van der Waals surface area contributed by atoms with Crippen LogP contribution in [0.3, 0.4) is 0 Å². The number of aromatic nitrogens is 6. The molecule has 13 aromatic rings. The molecule has 0 atom stereocenters. The van der Waals surface area contributed by atoms with Crippen molar-refractivity contribution in [2.24, 2.45) is 0 Å². The number of hydrogen-bond acceptors (Lipinski definition) is 3. The number of rotatable bonds is 6. The molecule has 0 amide bonds. The molecule has 0 saturated carbocycles. The van der Waals surface area contributed by atoms with E-state index in [2.05, 4.69) is 265 Å². The van der Waals surface area contributed by atoms with E-state index in [-0.39, 0.29) is 10.8 Å². The van der Waals surface area contributed by atoms with E-state index < -0.39 is 0 Å². The van der Waals surface area contributed by atoms with E-state index in [1.807, 2.05) is 0 Å². The van der Waals surface area contributed by atoms with E-state index in [1.165, 1.54) is 43.4 Å². The molecule has 0 N–H and O–H groups in total. The molecule has 75 heavy (non-hydrogen) atoms. The molecule has 0 aliphatic heterocycles. The van der Waals surface area contributed by atoms with E-state index in [9.17, 15) is 0 Å². The Kier molecular flexibility index (Phi) is 10.5. The van der Waals surface area contributed by atoms with E-state index >= 15 is 0 Å². The van der Waals surface area contributed by atoms with Gasteiger partial charge in [0.15, 0.2) is 17.5 Å². The van der Waals surface area contributed by atoms with Gasteiger partial charge in [-0.2, -0.15) is 0 Å². The van der Waals surface area contributed by atoms with Crippen molar-refractivity contribution >= 4 is 65.4 Å². The number of nitrogens with zero attached hydrogens (tertiary/aromatic N) is 6. The van der Waals surface area contributed by atoms with Crippen molar-refractivity contribution in [1.82, 2.24) is 28.7 Å². The lowest BCUT2D eigenvalue weighted by Gasteiger charge is -2.24. The highest BCUT2D eigenvalue weighted by atomic mass is 15.1. The minimum absolute atomic E-state index is 0.0654. The molecule has 9 aromatic carbocycles. The molecule has 0 spiro atoms. The van der Waals surface area contributed by atoms with Crippen molar-refractivity contribution in [2.75, 3.05) is 0 Å². The van der Waals surface area contributed by atoms with Gasteiger partial charge in [0.1, 0.15) is 0 Å². The monoisotopic (exact) mass is 972 g/mol. The van der Waals surface area contributed by atoms with Crippen LogP contribution in [-0.2, 0) is 10.8 Å². The molecule has 6 nitrogen and oxygen atoms in total. The maximum Gasteiger partial charge on any atom is 0.164 e. The number of fused-ring (bicyclic) bond motifs is 9. The van der Waals surface area contributed by atoms with Gasteiger partial charge in [-0.15, -0.1) is 0 Å². The molecule has 366 valence electrons. The Bertz CT molecular complexity index is 4060. The molecule has 0 unspecified atom stereocenters. The van der Waals surface area contributed by atoms with Crippen LogP contribution in [0, 0.1) is 27.7 Å². The number of benzene rings is 9. The van der Waals surface area contributed by atoms with Gasteiger partial charge in [-0.05, 0) is 133 Å². The summed E-state index contributed by atoms with van der Waals surface area (Å²) in [5.41, 5.74) is 19.6. The molecule has 0 bridgehead atoms. The molecule has 0 saturated heterocycles. The van der Waals surface area contributed by atoms with Crippen LogP contribution in [0.4, 0.5) is 0 Å². The van der Waals surface area contributed by atoms with E-state index in [0.717, 1.165) is 89.1 Å². The van der Waals surface area contributed by atoms with Gasteiger partial charge < -0.3 is 13.7 Å². The second-order valence-corrected chi connectivity index (χ2v) is 22.7. The lowest BCUT2D eigenvalue weighted by molar-refractivity contribution is 0.590. The number of para-hydroxylation sites is 4. The fourth-order valence-corrected chi connectivity index (χ4v) is 11.9. The Hall–Kier alpha value is -8.61. The Balaban J connectivity index is 1.27. The van der Waals surface area contributed by atoms with Gasteiger partial charge in [-0.3, -0.25) is 0 Å². The van der Waals surface area contributed by atoms with Gasteiger partial charge in [0.2, 0.25) is 0 Å². The predicted molar refractivity (Wildman–Crippen MR) is 316 cm³/mol. The summed E-state index contributed by atoms with van der Waals surface area (Å²) in [6.45, 7) is 22.5. The molecule has 0 fully saturated rings. The fourth-order valence-electron chi connectivity index (χ4n) is 11.9. The van der Waals surface area contributed by atoms with Crippen LogP contribution in [0.2, 0.25) is 0 Å². The van der Waals surface area contributed by atoms with E-state index in [0.29, 0.717) is 17.5 Å². The largest absolute Gasteiger partial charge is 0.307 e. The van der Waals surface area contributed by atoms with Gasteiger partial charge in [-0.1, -0.05) is 163 Å². The molecule has 6 heteroatoms. The second-order valence-electron chi connectivity index (χ2n) is 22.7. The topological polar surface area (TPSA) is 53.5 Å². The maximum absolute atomic E-state index is 5.58. The van der Waals surface area contributed by atoms with Gasteiger partial charge in [0, 0.05) is 49.0 Å². The summed E-state index contributed by atoms with van der Waals surface area (Å²) in [6.07, 6.45) is 0. The van der Waals surface area contributed by atoms with Crippen LogP contribution in [0.15, 0.2) is 182 Å². The highest BCUT2D eigenvalue weighted by molar-refractivity contribution is 6.14. The Morgan fingerprint density at radius 2 is 0.627 bits per heavy atom.